The van der Waals surface area contributed by atoms with Gasteiger partial charge in [0.25, 0.3) is 0 Å². The fraction of sp³-hybridized carbons (Fsp3) is 0. The zero-order chi connectivity index (χ0) is 6.85. The molecule has 0 spiro atoms. The molecule has 1 aromatic rings. The first kappa shape index (κ1) is 10.2. The number of thiol groups is 1. The Morgan fingerprint density at radius 1 is 1.10 bits per heavy atom. The first-order valence-electron chi connectivity index (χ1n) is 2.54. The molecule has 0 aliphatic carbocycles. The minimum atomic E-state index is 0. The molecule has 1 aromatic carbocycles. The van der Waals surface area contributed by atoms with E-state index in [1.54, 1.807) is 18.2 Å². The first-order valence-corrected chi connectivity index (χ1v) is 2.99. The Kier molecular flexibility index (Phi) is 4.20. The normalized spacial score (nSPS) is 8.50. The molecule has 0 unspecified atom stereocenters. The molecule has 1 rings (SSSR count). The van der Waals surface area contributed by atoms with Gasteiger partial charge in [-0.1, -0.05) is 0 Å². The van der Waals surface area contributed by atoms with Crippen LogP contribution in [-0.2, 0) is 0 Å². The molecule has 2 nitrogen and oxygen atoms in total. The first-order chi connectivity index (χ1) is 4.20. The third kappa shape index (κ3) is 2.42. The maximum absolute atomic E-state index is 5.45. The van der Waals surface area contributed by atoms with Gasteiger partial charge in [0.15, 0.2) is 0 Å². The average Bonchev–Trinajstić information content (AvgIpc) is 1.80. The third-order valence-corrected chi connectivity index (χ3v) is 1.35. The molecule has 0 amide bonds. The standard InChI is InChI=1S/C6H8N2S.Na.H/c7-5-2-1-4(9)3-6(5)8;;/h1-3,9H,7-8H2;;. The van der Waals surface area contributed by atoms with E-state index in [-0.39, 0.29) is 29.6 Å². The SMILES string of the molecule is Nc1ccc(S)cc1N.[NaH]. The quantitative estimate of drug-likeness (QED) is 0.297. The van der Waals surface area contributed by atoms with Gasteiger partial charge in [0.2, 0.25) is 0 Å². The van der Waals surface area contributed by atoms with Crippen LogP contribution in [0.3, 0.4) is 0 Å². The Bertz CT molecular complexity index is 227. The molecule has 0 atom stereocenters. The molecule has 0 aliphatic rings. The second kappa shape index (κ2) is 4.13. The van der Waals surface area contributed by atoms with Gasteiger partial charge in [-0.3, -0.25) is 0 Å². The summed E-state index contributed by atoms with van der Waals surface area (Å²) in [6.45, 7) is 0. The van der Waals surface area contributed by atoms with Crippen molar-refractivity contribution >= 4 is 53.6 Å². The van der Waals surface area contributed by atoms with Gasteiger partial charge in [0.1, 0.15) is 0 Å². The molecule has 0 aliphatic heterocycles. The molecular formula is C6H9N2NaS. The number of nitrogen functional groups attached to an aromatic ring is 2. The summed E-state index contributed by atoms with van der Waals surface area (Å²) in [4.78, 5) is 0.835. The van der Waals surface area contributed by atoms with Gasteiger partial charge in [0.05, 0.1) is 11.4 Å². The number of hydrogen-bond acceptors (Lipinski definition) is 3. The molecule has 4 heteroatoms. The summed E-state index contributed by atoms with van der Waals surface area (Å²) in [5.74, 6) is 0. The van der Waals surface area contributed by atoms with E-state index in [1.807, 2.05) is 0 Å². The number of nitrogens with two attached hydrogens (primary N) is 2. The Morgan fingerprint density at radius 3 is 2.10 bits per heavy atom. The second-order valence-electron chi connectivity index (χ2n) is 1.81. The van der Waals surface area contributed by atoms with Crippen molar-refractivity contribution in [1.29, 1.82) is 0 Å². The summed E-state index contributed by atoms with van der Waals surface area (Å²) in [6, 6.07) is 5.25. The van der Waals surface area contributed by atoms with Gasteiger partial charge in [-0.15, -0.1) is 12.6 Å². The third-order valence-electron chi connectivity index (χ3n) is 1.07. The summed E-state index contributed by atoms with van der Waals surface area (Å²) in [7, 11) is 0. The van der Waals surface area contributed by atoms with Crippen LogP contribution in [0, 0.1) is 0 Å². The van der Waals surface area contributed by atoms with Crippen LogP contribution in [-0.4, -0.2) is 29.6 Å². The Hall–Kier alpha value is 0.170. The van der Waals surface area contributed by atoms with E-state index < -0.39 is 0 Å². The Balaban J connectivity index is 0.000000810. The number of rotatable bonds is 0. The topological polar surface area (TPSA) is 52.0 Å². The van der Waals surface area contributed by atoms with Crippen molar-refractivity contribution in [2.24, 2.45) is 0 Å². The van der Waals surface area contributed by atoms with Crippen molar-refractivity contribution in [1.82, 2.24) is 0 Å². The van der Waals surface area contributed by atoms with Gasteiger partial charge in [-0.05, 0) is 18.2 Å². The van der Waals surface area contributed by atoms with Crippen LogP contribution in [0.4, 0.5) is 11.4 Å². The molecule has 0 saturated heterocycles. The fourth-order valence-electron chi connectivity index (χ4n) is 0.562. The summed E-state index contributed by atoms with van der Waals surface area (Å²) in [6.07, 6.45) is 0. The van der Waals surface area contributed by atoms with Crippen molar-refractivity contribution in [2.75, 3.05) is 11.5 Å². The summed E-state index contributed by atoms with van der Waals surface area (Å²) >= 11 is 4.07. The van der Waals surface area contributed by atoms with Gasteiger partial charge < -0.3 is 11.5 Å². The van der Waals surface area contributed by atoms with Crippen molar-refractivity contribution in [3.8, 4) is 0 Å². The molecule has 0 fully saturated rings. The van der Waals surface area contributed by atoms with Crippen LogP contribution < -0.4 is 11.5 Å². The van der Waals surface area contributed by atoms with Crippen molar-refractivity contribution < 1.29 is 0 Å². The Morgan fingerprint density at radius 2 is 1.70 bits per heavy atom. The molecule has 4 N–H and O–H groups in total. The second-order valence-corrected chi connectivity index (χ2v) is 2.33. The van der Waals surface area contributed by atoms with Crippen LogP contribution >= 0.6 is 12.6 Å². The molecule has 0 saturated carbocycles. The number of hydrogen-bond donors (Lipinski definition) is 3. The van der Waals surface area contributed by atoms with E-state index in [2.05, 4.69) is 12.6 Å². The van der Waals surface area contributed by atoms with Crippen LogP contribution in [0.25, 0.3) is 0 Å². The zero-order valence-corrected chi connectivity index (χ0v) is 5.73. The van der Waals surface area contributed by atoms with E-state index in [0.29, 0.717) is 11.4 Å². The summed E-state index contributed by atoms with van der Waals surface area (Å²) in [5.41, 5.74) is 12.1. The molecule has 0 bridgehead atoms. The van der Waals surface area contributed by atoms with Gasteiger partial charge in [-0.25, -0.2) is 0 Å². The molecule has 0 aromatic heterocycles. The zero-order valence-electron chi connectivity index (χ0n) is 4.83. The van der Waals surface area contributed by atoms with E-state index in [9.17, 15) is 0 Å². The molecular weight excluding hydrogens is 155 g/mol. The summed E-state index contributed by atoms with van der Waals surface area (Å²) in [5, 5.41) is 0. The predicted molar refractivity (Wildman–Crippen MR) is 49.7 cm³/mol. The number of benzene rings is 1. The number of anilines is 2. The van der Waals surface area contributed by atoms with Crippen molar-refractivity contribution in [2.45, 2.75) is 4.90 Å². The Labute approximate surface area is 87.7 Å². The average molecular weight is 164 g/mol. The van der Waals surface area contributed by atoms with Crippen LogP contribution in [0.2, 0.25) is 0 Å². The molecule has 50 valence electrons. The van der Waals surface area contributed by atoms with E-state index in [0.717, 1.165) is 4.90 Å². The van der Waals surface area contributed by atoms with Crippen molar-refractivity contribution in [3.05, 3.63) is 18.2 Å². The van der Waals surface area contributed by atoms with Crippen LogP contribution in [0.5, 0.6) is 0 Å². The van der Waals surface area contributed by atoms with Gasteiger partial charge >= 0.3 is 29.6 Å². The van der Waals surface area contributed by atoms with Gasteiger partial charge in [-0.2, -0.15) is 0 Å². The van der Waals surface area contributed by atoms with Crippen LogP contribution in [0.15, 0.2) is 23.1 Å². The predicted octanol–water partition coefficient (Wildman–Crippen LogP) is 0.491. The van der Waals surface area contributed by atoms with Crippen LogP contribution in [0.1, 0.15) is 0 Å². The van der Waals surface area contributed by atoms with E-state index in [4.69, 9.17) is 11.5 Å². The van der Waals surface area contributed by atoms with Gasteiger partial charge in [0, 0.05) is 4.90 Å². The maximum atomic E-state index is 5.45. The fourth-order valence-corrected chi connectivity index (χ4v) is 0.776. The molecule has 10 heavy (non-hydrogen) atoms. The molecule has 0 heterocycles. The minimum absolute atomic E-state index is 0. The van der Waals surface area contributed by atoms with E-state index in [1.165, 1.54) is 0 Å². The summed E-state index contributed by atoms with van der Waals surface area (Å²) < 4.78 is 0. The van der Waals surface area contributed by atoms with E-state index >= 15 is 0 Å². The monoisotopic (exact) mass is 164 g/mol. The van der Waals surface area contributed by atoms with Crippen molar-refractivity contribution in [3.63, 3.8) is 0 Å². The molecule has 0 radical (unpaired) electrons.